The van der Waals surface area contributed by atoms with E-state index in [1.54, 1.807) is 13.8 Å². The van der Waals surface area contributed by atoms with Crippen LogP contribution in [0.5, 0.6) is 0 Å². The van der Waals surface area contributed by atoms with Gasteiger partial charge in [0.05, 0.1) is 16.4 Å². The average Bonchev–Trinajstić information content (AvgIpc) is 2.93. The highest BCUT2D eigenvalue weighted by molar-refractivity contribution is 9.10. The van der Waals surface area contributed by atoms with E-state index in [1.165, 1.54) is 0 Å². The van der Waals surface area contributed by atoms with Gasteiger partial charge in [0.2, 0.25) is 15.9 Å². The molecule has 1 unspecified atom stereocenters. The number of carbonyl (C=O) groups is 3. The highest BCUT2D eigenvalue weighted by Gasteiger charge is 2.27. The monoisotopic (exact) mass is 645 g/mol. The van der Waals surface area contributed by atoms with Crippen molar-refractivity contribution in [3.05, 3.63) is 68.7 Å². The lowest BCUT2D eigenvalue weighted by atomic mass is 10.2. The second-order valence-corrected chi connectivity index (χ2v) is 10.7. The van der Waals surface area contributed by atoms with Crippen molar-refractivity contribution in [2.75, 3.05) is 19.6 Å². The third kappa shape index (κ3) is 13.5. The number of sulfonamides is 1. The van der Waals surface area contributed by atoms with E-state index in [-0.39, 0.29) is 30.1 Å². The third-order valence-electron chi connectivity index (χ3n) is 4.82. The topological polar surface area (TPSA) is 188 Å². The number of hydrogen-bond acceptors (Lipinski definition) is 7. The lowest BCUT2D eigenvalue weighted by Gasteiger charge is -2.22. The first-order valence-corrected chi connectivity index (χ1v) is 14.6. The summed E-state index contributed by atoms with van der Waals surface area (Å²) in [5.41, 5.74) is 0.695. The maximum atomic E-state index is 13.0. The number of rotatable bonds is 12. The molecule has 0 aromatic heterocycles. The summed E-state index contributed by atoms with van der Waals surface area (Å²) in [6, 6.07) is 11.1. The molecule has 2 aromatic carbocycles. The molecule has 0 saturated heterocycles. The maximum Gasteiger partial charge on any atom is 0.315 e. The minimum Gasteiger partial charge on any atom is -0.483 e. The van der Waals surface area contributed by atoms with E-state index in [4.69, 9.17) is 9.90 Å². The van der Waals surface area contributed by atoms with Crippen molar-refractivity contribution in [2.45, 2.75) is 51.6 Å². The van der Waals surface area contributed by atoms with Gasteiger partial charge in [0.25, 0.3) is 12.2 Å². The Hall–Kier alpha value is -3.56. The van der Waals surface area contributed by atoms with Crippen molar-refractivity contribution in [2.24, 2.45) is 0 Å². The van der Waals surface area contributed by atoms with Crippen LogP contribution in [0.25, 0.3) is 0 Å². The molecule has 0 bridgehead atoms. The Morgan fingerprint density at radius 3 is 2.15 bits per heavy atom. The Labute approximate surface area is 242 Å². The molecule has 13 nitrogen and oxygen atoms in total. The first kappa shape index (κ1) is 36.4. The molecule has 0 heterocycles. The standard InChI is InChI=1S/C22H28BrN5O6S.C2H6.CH2O2/c1-3-12-27(35(33,34)20-10-8-19(9-11-20)28(31)32)15-21(29)26-16(2)13-24-22(30)25-14-17-4-6-18(23)7-5-17;1-2;2-1-3/h4-11,16H,3,12-15H2,1-2H3,(H,26,29)(H2,24,25,30);1-2H3;1H,(H,2,3). The molecule has 4 N–H and O–H groups in total. The van der Waals surface area contributed by atoms with Gasteiger partial charge in [0, 0.05) is 42.3 Å². The number of non-ortho nitro benzene ring substituents is 1. The van der Waals surface area contributed by atoms with Crippen LogP contribution in [0.15, 0.2) is 57.9 Å². The zero-order valence-corrected chi connectivity index (χ0v) is 25.2. The van der Waals surface area contributed by atoms with Crippen LogP contribution in [0.1, 0.15) is 39.7 Å². The molecule has 0 aliphatic rings. The first-order chi connectivity index (χ1) is 18.9. The summed E-state index contributed by atoms with van der Waals surface area (Å²) >= 11 is 3.35. The van der Waals surface area contributed by atoms with Gasteiger partial charge in [-0.05, 0) is 43.2 Å². The van der Waals surface area contributed by atoms with E-state index >= 15 is 0 Å². The van der Waals surface area contributed by atoms with Gasteiger partial charge >= 0.3 is 6.03 Å². The van der Waals surface area contributed by atoms with Crippen LogP contribution >= 0.6 is 15.9 Å². The number of carboxylic acid groups (broad SMARTS) is 1. The number of hydrogen-bond donors (Lipinski definition) is 4. The van der Waals surface area contributed by atoms with E-state index in [2.05, 4.69) is 31.9 Å². The summed E-state index contributed by atoms with van der Waals surface area (Å²) in [6.07, 6.45) is 0.467. The molecule has 1 atom stereocenters. The van der Waals surface area contributed by atoms with Gasteiger partial charge in [-0.2, -0.15) is 4.31 Å². The van der Waals surface area contributed by atoms with Gasteiger partial charge in [0.1, 0.15) is 0 Å². The second-order valence-electron chi connectivity index (χ2n) is 7.85. The van der Waals surface area contributed by atoms with E-state index in [0.717, 1.165) is 38.6 Å². The van der Waals surface area contributed by atoms with E-state index < -0.39 is 39.5 Å². The van der Waals surface area contributed by atoms with Crippen LogP contribution in [-0.4, -0.2) is 66.8 Å². The minimum absolute atomic E-state index is 0.0951. The smallest absolute Gasteiger partial charge is 0.315 e. The number of nitro groups is 1. The number of amides is 3. The molecule has 0 radical (unpaired) electrons. The van der Waals surface area contributed by atoms with Gasteiger partial charge < -0.3 is 21.1 Å². The summed E-state index contributed by atoms with van der Waals surface area (Å²) in [5, 5.41) is 25.7. The lowest BCUT2D eigenvalue weighted by Crippen LogP contribution is -2.48. The molecule has 0 fully saturated rings. The predicted octanol–water partition coefficient (Wildman–Crippen LogP) is 3.49. The molecular weight excluding hydrogens is 610 g/mol. The molecule has 15 heteroatoms. The van der Waals surface area contributed by atoms with Gasteiger partial charge in [-0.3, -0.25) is 19.7 Å². The van der Waals surface area contributed by atoms with E-state index in [9.17, 15) is 28.1 Å². The quantitative estimate of drug-likeness (QED) is 0.153. The summed E-state index contributed by atoms with van der Waals surface area (Å²) in [4.78, 5) is 42.9. The van der Waals surface area contributed by atoms with E-state index in [1.807, 2.05) is 38.1 Å². The zero-order chi connectivity index (χ0) is 30.7. The number of nitrogens with one attached hydrogen (secondary N) is 3. The molecule has 0 aliphatic carbocycles. The average molecular weight is 647 g/mol. The number of benzene rings is 2. The van der Waals surface area contributed by atoms with Crippen LogP contribution in [-0.2, 0) is 26.2 Å². The fourth-order valence-corrected chi connectivity index (χ4v) is 4.80. The van der Waals surface area contributed by atoms with Crippen LogP contribution in [0.2, 0.25) is 0 Å². The molecule has 0 spiro atoms. The van der Waals surface area contributed by atoms with Gasteiger partial charge in [0.15, 0.2) is 0 Å². The second kappa shape index (κ2) is 19.5. The van der Waals surface area contributed by atoms with Crippen LogP contribution in [0.3, 0.4) is 0 Å². The Morgan fingerprint density at radius 2 is 1.65 bits per heavy atom. The van der Waals surface area contributed by atoms with Crippen molar-refractivity contribution < 1.29 is 32.8 Å². The highest BCUT2D eigenvalue weighted by Crippen LogP contribution is 2.19. The van der Waals surface area contributed by atoms with Crippen molar-refractivity contribution in [1.82, 2.24) is 20.3 Å². The Kier molecular flexibility index (Phi) is 17.8. The number of nitrogens with zero attached hydrogens (tertiary/aromatic N) is 2. The first-order valence-electron chi connectivity index (χ1n) is 12.3. The predicted molar refractivity (Wildman–Crippen MR) is 154 cm³/mol. The van der Waals surface area contributed by atoms with Crippen LogP contribution < -0.4 is 16.0 Å². The number of halogens is 1. The van der Waals surface area contributed by atoms with Crippen molar-refractivity contribution >= 4 is 50.1 Å². The fraction of sp³-hybridized carbons (Fsp3) is 0.400. The van der Waals surface area contributed by atoms with E-state index in [0.29, 0.717) is 13.0 Å². The molecule has 0 aliphatic heterocycles. The Morgan fingerprint density at radius 1 is 1.10 bits per heavy atom. The molecule has 2 aromatic rings. The number of carbonyl (C=O) groups excluding carboxylic acids is 2. The Bertz CT molecular complexity index is 1180. The third-order valence-corrected chi connectivity index (χ3v) is 7.21. The lowest BCUT2D eigenvalue weighted by molar-refractivity contribution is -0.384. The van der Waals surface area contributed by atoms with Crippen molar-refractivity contribution in [3.8, 4) is 0 Å². The minimum atomic E-state index is -4.03. The summed E-state index contributed by atoms with van der Waals surface area (Å²) in [7, 11) is -4.03. The fourth-order valence-electron chi connectivity index (χ4n) is 3.05. The van der Waals surface area contributed by atoms with Crippen LogP contribution in [0.4, 0.5) is 10.5 Å². The largest absolute Gasteiger partial charge is 0.483 e. The molecule has 222 valence electrons. The van der Waals surface area contributed by atoms with Crippen molar-refractivity contribution in [3.63, 3.8) is 0 Å². The maximum absolute atomic E-state index is 13.0. The van der Waals surface area contributed by atoms with Gasteiger partial charge in [-0.1, -0.05) is 48.8 Å². The molecule has 3 amide bonds. The summed E-state index contributed by atoms with van der Waals surface area (Å²) in [5.74, 6) is -0.534. The van der Waals surface area contributed by atoms with Crippen LogP contribution in [0, 0.1) is 10.1 Å². The zero-order valence-electron chi connectivity index (χ0n) is 22.8. The molecule has 40 heavy (non-hydrogen) atoms. The van der Waals surface area contributed by atoms with Gasteiger partial charge in [-0.15, -0.1) is 0 Å². The Balaban J connectivity index is 0.00000284. The SMILES string of the molecule is CC.CCCN(CC(=O)NC(C)CNC(=O)NCc1ccc(Br)cc1)S(=O)(=O)c1ccc([N+](=O)[O-])cc1.O=CO. The number of urea groups is 1. The van der Waals surface area contributed by atoms with Crippen molar-refractivity contribution in [1.29, 1.82) is 0 Å². The summed E-state index contributed by atoms with van der Waals surface area (Å²) < 4.78 is 27.9. The molecule has 2 rings (SSSR count). The van der Waals surface area contributed by atoms with Gasteiger partial charge in [-0.25, -0.2) is 13.2 Å². The normalized spacial score (nSPS) is 11.1. The number of nitro benzene ring substituents is 1. The molecular formula is C25H36BrN5O8S. The summed E-state index contributed by atoms with van der Waals surface area (Å²) in [6.45, 7) is 7.36. The highest BCUT2D eigenvalue weighted by atomic mass is 79.9. The molecule has 0 saturated carbocycles.